The lowest BCUT2D eigenvalue weighted by molar-refractivity contribution is 0.0941. The van der Waals surface area contributed by atoms with Gasteiger partial charge in [0.25, 0.3) is 5.91 Å². The Balaban J connectivity index is 1.65. The van der Waals surface area contributed by atoms with Crippen molar-refractivity contribution < 1.29 is 18.7 Å². The molecule has 0 spiro atoms. The highest BCUT2D eigenvalue weighted by atomic mass is 16.7. The summed E-state index contributed by atoms with van der Waals surface area (Å²) in [6.07, 6.45) is 0. The third kappa shape index (κ3) is 2.63. The summed E-state index contributed by atoms with van der Waals surface area (Å²) >= 11 is 0. The second-order valence-electron chi connectivity index (χ2n) is 4.95. The minimum absolute atomic E-state index is 0.217. The van der Waals surface area contributed by atoms with Crippen LogP contribution in [0, 0.1) is 13.8 Å². The molecule has 2 N–H and O–H groups in total. The van der Waals surface area contributed by atoms with E-state index in [1.807, 2.05) is 6.07 Å². The summed E-state index contributed by atoms with van der Waals surface area (Å²) in [7, 11) is 0. The van der Waals surface area contributed by atoms with E-state index in [0.717, 1.165) is 5.56 Å². The van der Waals surface area contributed by atoms with E-state index in [1.165, 1.54) is 0 Å². The summed E-state index contributed by atoms with van der Waals surface area (Å²) in [5, 5.41) is 0. The molecule has 2 aromatic rings. The van der Waals surface area contributed by atoms with Gasteiger partial charge in [-0.1, -0.05) is 6.58 Å². The monoisotopic (exact) mass is 300 g/mol. The summed E-state index contributed by atoms with van der Waals surface area (Å²) in [4.78, 5) is 12.1. The van der Waals surface area contributed by atoms with Crippen molar-refractivity contribution in [2.45, 2.75) is 13.8 Å². The maximum Gasteiger partial charge on any atom is 0.273 e. The second kappa shape index (κ2) is 5.48. The molecule has 3 rings (SSSR count). The summed E-state index contributed by atoms with van der Waals surface area (Å²) in [5.41, 5.74) is 7.22. The molecule has 114 valence electrons. The van der Waals surface area contributed by atoms with Crippen molar-refractivity contribution >= 4 is 11.6 Å². The Morgan fingerprint density at radius 3 is 2.64 bits per heavy atom. The van der Waals surface area contributed by atoms with Gasteiger partial charge in [0.05, 0.1) is 11.3 Å². The lowest BCUT2D eigenvalue weighted by Crippen LogP contribution is -2.35. The summed E-state index contributed by atoms with van der Waals surface area (Å²) in [6.45, 7) is 7.65. The van der Waals surface area contributed by atoms with Crippen molar-refractivity contribution in [3.63, 3.8) is 0 Å². The molecule has 1 aliphatic heterocycles. The average molecular weight is 300 g/mol. The van der Waals surface area contributed by atoms with Crippen LogP contribution in [0.2, 0.25) is 0 Å². The van der Waals surface area contributed by atoms with Crippen LogP contribution in [0.4, 0.5) is 0 Å². The number of aryl methyl sites for hydroxylation is 2. The van der Waals surface area contributed by atoms with Crippen LogP contribution in [0.1, 0.15) is 27.4 Å². The van der Waals surface area contributed by atoms with Gasteiger partial charge in [-0.05, 0) is 38.1 Å². The Labute approximate surface area is 127 Å². The fourth-order valence-electron chi connectivity index (χ4n) is 2.21. The first-order valence-corrected chi connectivity index (χ1v) is 6.77. The van der Waals surface area contributed by atoms with Gasteiger partial charge in [-0.3, -0.25) is 15.6 Å². The Morgan fingerprint density at radius 1 is 1.14 bits per heavy atom. The van der Waals surface area contributed by atoms with Crippen LogP contribution in [0.25, 0.3) is 5.70 Å². The van der Waals surface area contributed by atoms with Crippen molar-refractivity contribution in [3.05, 3.63) is 53.5 Å². The maximum atomic E-state index is 12.1. The lowest BCUT2D eigenvalue weighted by Gasteiger charge is -2.11. The summed E-state index contributed by atoms with van der Waals surface area (Å²) < 4.78 is 15.9. The van der Waals surface area contributed by atoms with Gasteiger partial charge in [0.2, 0.25) is 6.79 Å². The zero-order chi connectivity index (χ0) is 15.7. The highest BCUT2D eigenvalue weighted by Gasteiger charge is 2.16. The third-order valence-electron chi connectivity index (χ3n) is 3.33. The van der Waals surface area contributed by atoms with Gasteiger partial charge < -0.3 is 13.9 Å². The van der Waals surface area contributed by atoms with E-state index >= 15 is 0 Å². The molecule has 0 radical (unpaired) electrons. The number of hydrogen-bond donors (Lipinski definition) is 2. The molecule has 0 saturated heterocycles. The van der Waals surface area contributed by atoms with Gasteiger partial charge in [-0.25, -0.2) is 0 Å². The Hall–Kier alpha value is -2.89. The quantitative estimate of drug-likeness (QED) is 0.849. The van der Waals surface area contributed by atoms with Crippen molar-refractivity contribution in [2.75, 3.05) is 6.79 Å². The molecule has 6 heteroatoms. The number of furan rings is 1. The number of fused-ring (bicyclic) bond motifs is 1. The fourth-order valence-corrected chi connectivity index (χ4v) is 2.21. The van der Waals surface area contributed by atoms with Gasteiger partial charge >= 0.3 is 0 Å². The molecule has 1 aromatic carbocycles. The van der Waals surface area contributed by atoms with Gasteiger partial charge in [0.1, 0.15) is 11.5 Å². The van der Waals surface area contributed by atoms with Crippen molar-refractivity contribution in [2.24, 2.45) is 0 Å². The van der Waals surface area contributed by atoms with E-state index in [1.54, 1.807) is 32.0 Å². The van der Waals surface area contributed by atoms with Crippen LogP contribution in [0.15, 0.2) is 35.3 Å². The van der Waals surface area contributed by atoms with E-state index in [-0.39, 0.29) is 12.7 Å². The van der Waals surface area contributed by atoms with Crippen molar-refractivity contribution in [1.82, 2.24) is 10.9 Å². The number of benzene rings is 1. The molecular weight excluding hydrogens is 284 g/mol. The number of carbonyl (C=O) groups excluding carboxylic acids is 1. The zero-order valence-corrected chi connectivity index (χ0v) is 12.4. The molecule has 1 aromatic heterocycles. The number of nitrogens with one attached hydrogen (secondary N) is 2. The lowest BCUT2D eigenvalue weighted by atomic mass is 10.1. The van der Waals surface area contributed by atoms with E-state index in [0.29, 0.717) is 34.3 Å². The van der Waals surface area contributed by atoms with E-state index in [4.69, 9.17) is 13.9 Å². The second-order valence-corrected chi connectivity index (χ2v) is 4.95. The van der Waals surface area contributed by atoms with Gasteiger partial charge in [-0.2, -0.15) is 0 Å². The Bertz CT molecular complexity index is 749. The predicted octanol–water partition coefficient (Wildman–Crippen LogP) is 2.53. The highest BCUT2D eigenvalue weighted by molar-refractivity contribution is 5.95. The number of rotatable bonds is 4. The number of ether oxygens (including phenoxy) is 2. The fraction of sp³-hybridized carbons (Fsp3) is 0.188. The number of carbonyl (C=O) groups is 1. The Morgan fingerprint density at radius 2 is 1.91 bits per heavy atom. The molecule has 0 fully saturated rings. The molecule has 0 atom stereocenters. The van der Waals surface area contributed by atoms with Crippen LogP contribution in [0.3, 0.4) is 0 Å². The minimum Gasteiger partial charge on any atom is -0.466 e. The molecule has 0 unspecified atom stereocenters. The van der Waals surface area contributed by atoms with Crippen LogP contribution in [0.5, 0.6) is 11.5 Å². The number of amides is 1. The number of hydrogen-bond acceptors (Lipinski definition) is 5. The normalized spacial score (nSPS) is 12.1. The molecule has 0 aliphatic carbocycles. The van der Waals surface area contributed by atoms with E-state index in [2.05, 4.69) is 17.4 Å². The minimum atomic E-state index is -0.281. The summed E-state index contributed by atoms with van der Waals surface area (Å²) in [6, 6.07) is 7.13. The topological polar surface area (TPSA) is 72.7 Å². The molecule has 22 heavy (non-hydrogen) atoms. The van der Waals surface area contributed by atoms with Crippen LogP contribution >= 0.6 is 0 Å². The zero-order valence-electron chi connectivity index (χ0n) is 12.4. The van der Waals surface area contributed by atoms with Crippen LogP contribution in [-0.4, -0.2) is 12.7 Å². The molecule has 2 heterocycles. The van der Waals surface area contributed by atoms with Crippen LogP contribution in [-0.2, 0) is 0 Å². The third-order valence-corrected chi connectivity index (χ3v) is 3.33. The molecule has 0 bridgehead atoms. The van der Waals surface area contributed by atoms with E-state index in [9.17, 15) is 4.79 Å². The van der Waals surface area contributed by atoms with Gasteiger partial charge in [0, 0.05) is 5.56 Å². The van der Waals surface area contributed by atoms with Gasteiger partial charge in [-0.15, -0.1) is 0 Å². The first kappa shape index (κ1) is 14.1. The van der Waals surface area contributed by atoms with Crippen molar-refractivity contribution in [1.29, 1.82) is 0 Å². The molecule has 6 nitrogen and oxygen atoms in total. The number of hydrazine groups is 1. The first-order chi connectivity index (χ1) is 10.5. The van der Waals surface area contributed by atoms with Gasteiger partial charge in [0.15, 0.2) is 11.5 Å². The van der Waals surface area contributed by atoms with Crippen LogP contribution < -0.4 is 20.3 Å². The van der Waals surface area contributed by atoms with E-state index < -0.39 is 0 Å². The largest absolute Gasteiger partial charge is 0.466 e. The first-order valence-electron chi connectivity index (χ1n) is 6.77. The molecular formula is C16H16N2O4. The Kier molecular flexibility index (Phi) is 3.50. The molecule has 1 amide bonds. The predicted molar refractivity (Wildman–Crippen MR) is 80.4 cm³/mol. The van der Waals surface area contributed by atoms with Crippen molar-refractivity contribution in [3.8, 4) is 11.5 Å². The average Bonchev–Trinajstić information content (AvgIpc) is 3.09. The highest BCUT2D eigenvalue weighted by Crippen LogP contribution is 2.33. The molecule has 0 saturated carbocycles. The smallest absolute Gasteiger partial charge is 0.273 e. The SMILES string of the molecule is C=C(NNC(=O)c1cc(C)oc1C)c1ccc2c(c1)OCO2. The molecule has 1 aliphatic rings. The summed E-state index contributed by atoms with van der Waals surface area (Å²) in [5.74, 6) is 2.34. The maximum absolute atomic E-state index is 12.1. The standard InChI is InChI=1S/C16H16N2O4/c1-9-6-13(11(3)22-9)16(19)18-17-10(2)12-4-5-14-15(7-12)21-8-20-14/h4-7,17H,2,8H2,1,3H3,(H,18,19).